The lowest BCUT2D eigenvalue weighted by atomic mass is 10.0. The number of fused-ring (bicyclic) bond motifs is 1. The Kier molecular flexibility index (Phi) is 4.04. The van der Waals surface area contributed by atoms with Crippen molar-refractivity contribution in [2.45, 2.75) is 13.3 Å². The van der Waals surface area contributed by atoms with Gasteiger partial charge in [-0.25, -0.2) is 4.79 Å². The second kappa shape index (κ2) is 5.76. The molecule has 7 heteroatoms. The molecule has 110 valence electrons. The molecule has 0 unspecified atom stereocenters. The van der Waals surface area contributed by atoms with Gasteiger partial charge >= 0.3 is 11.6 Å². The van der Waals surface area contributed by atoms with Crippen molar-refractivity contribution in [3.63, 3.8) is 0 Å². The van der Waals surface area contributed by atoms with Gasteiger partial charge in [-0.2, -0.15) is 0 Å². The molecule has 7 nitrogen and oxygen atoms in total. The number of aliphatic carboxylic acids is 1. The number of carboxylic acids is 1. The molecule has 1 aromatic heterocycles. The van der Waals surface area contributed by atoms with E-state index in [0.717, 1.165) is 0 Å². The predicted molar refractivity (Wildman–Crippen MR) is 76.2 cm³/mol. The fourth-order valence-corrected chi connectivity index (χ4v) is 2.04. The van der Waals surface area contributed by atoms with Crippen LogP contribution in [-0.2, 0) is 16.0 Å². The zero-order valence-electron chi connectivity index (χ0n) is 11.3. The summed E-state index contributed by atoms with van der Waals surface area (Å²) in [5.41, 5.74) is 5.92. The predicted octanol–water partition coefficient (Wildman–Crippen LogP) is 0.626. The first-order chi connectivity index (χ1) is 9.92. The molecule has 4 N–H and O–H groups in total. The average molecular weight is 290 g/mol. The summed E-state index contributed by atoms with van der Waals surface area (Å²) in [4.78, 5) is 33.9. The number of nitrogens with one attached hydrogen (secondary N) is 1. The summed E-state index contributed by atoms with van der Waals surface area (Å²) in [7, 11) is 0. The highest BCUT2D eigenvalue weighted by atomic mass is 16.4. The molecule has 2 aromatic rings. The molecule has 0 saturated carbocycles. The summed E-state index contributed by atoms with van der Waals surface area (Å²) < 4.78 is 5.13. The fraction of sp³-hybridized carbons (Fsp3) is 0.214. The molecule has 0 fully saturated rings. The number of hydrogen-bond donors (Lipinski definition) is 3. The van der Waals surface area contributed by atoms with E-state index in [4.69, 9.17) is 15.3 Å². The number of aryl methyl sites for hydroxylation is 1. The number of hydrogen-bond acceptors (Lipinski definition) is 5. The maximum absolute atomic E-state index is 11.8. The molecule has 0 spiro atoms. The molecule has 0 bridgehead atoms. The maximum atomic E-state index is 11.8. The SMILES string of the molecule is Cc1c(CC(=O)O)c(=O)oc2cc(NC(=O)CN)ccc12. The van der Waals surface area contributed by atoms with Crippen molar-refractivity contribution >= 4 is 28.5 Å². The van der Waals surface area contributed by atoms with E-state index in [-0.39, 0.29) is 23.6 Å². The van der Waals surface area contributed by atoms with Gasteiger partial charge in [-0.15, -0.1) is 0 Å². The van der Waals surface area contributed by atoms with Gasteiger partial charge in [0, 0.05) is 17.1 Å². The lowest BCUT2D eigenvalue weighted by molar-refractivity contribution is -0.136. The Balaban J connectivity index is 2.53. The molecule has 0 aliphatic carbocycles. The van der Waals surface area contributed by atoms with Crippen LogP contribution in [0, 0.1) is 6.92 Å². The summed E-state index contributed by atoms with van der Waals surface area (Å²) >= 11 is 0. The number of anilines is 1. The lowest BCUT2D eigenvalue weighted by Gasteiger charge is -2.08. The third-order valence-electron chi connectivity index (χ3n) is 3.08. The van der Waals surface area contributed by atoms with Crippen LogP contribution in [0.2, 0.25) is 0 Å². The molecule has 0 aliphatic rings. The van der Waals surface area contributed by atoms with E-state index in [1.54, 1.807) is 19.1 Å². The minimum Gasteiger partial charge on any atom is -0.481 e. The zero-order chi connectivity index (χ0) is 15.6. The van der Waals surface area contributed by atoms with Crippen LogP contribution in [0.3, 0.4) is 0 Å². The number of amides is 1. The van der Waals surface area contributed by atoms with Crippen LogP contribution in [0.4, 0.5) is 5.69 Å². The number of carbonyl (C=O) groups is 2. The van der Waals surface area contributed by atoms with E-state index < -0.39 is 18.0 Å². The topological polar surface area (TPSA) is 123 Å². The lowest BCUT2D eigenvalue weighted by Crippen LogP contribution is -2.21. The highest BCUT2D eigenvalue weighted by molar-refractivity contribution is 5.94. The number of carbonyl (C=O) groups excluding carboxylic acids is 1. The fourth-order valence-electron chi connectivity index (χ4n) is 2.04. The van der Waals surface area contributed by atoms with Gasteiger partial charge in [0.25, 0.3) is 0 Å². The highest BCUT2D eigenvalue weighted by Crippen LogP contribution is 2.23. The molecular weight excluding hydrogens is 276 g/mol. The summed E-state index contributed by atoms with van der Waals surface area (Å²) in [6.07, 6.45) is -0.393. The van der Waals surface area contributed by atoms with Gasteiger partial charge < -0.3 is 20.6 Å². The third-order valence-corrected chi connectivity index (χ3v) is 3.08. The van der Waals surface area contributed by atoms with Crippen molar-refractivity contribution < 1.29 is 19.1 Å². The number of carboxylic acid groups (broad SMARTS) is 1. The van der Waals surface area contributed by atoms with E-state index in [0.29, 0.717) is 16.6 Å². The van der Waals surface area contributed by atoms with Crippen molar-refractivity contribution in [1.29, 1.82) is 0 Å². The second-order valence-electron chi connectivity index (χ2n) is 4.53. The summed E-state index contributed by atoms with van der Waals surface area (Å²) in [5.74, 6) is -1.47. The molecule has 0 radical (unpaired) electrons. The molecule has 2 rings (SSSR count). The number of nitrogens with two attached hydrogens (primary N) is 1. The van der Waals surface area contributed by atoms with E-state index in [2.05, 4.69) is 5.32 Å². The van der Waals surface area contributed by atoms with Crippen molar-refractivity contribution in [2.75, 3.05) is 11.9 Å². The molecule has 1 aromatic carbocycles. The molecule has 21 heavy (non-hydrogen) atoms. The van der Waals surface area contributed by atoms with Crippen LogP contribution in [0.15, 0.2) is 27.4 Å². The standard InChI is InChI=1S/C14H14N2O5/c1-7-9-3-2-8(16-12(17)6-15)4-11(9)21-14(20)10(7)5-13(18)19/h2-4H,5-6,15H2,1H3,(H,16,17)(H,18,19). The molecule has 1 heterocycles. The minimum atomic E-state index is -1.10. The van der Waals surface area contributed by atoms with Gasteiger partial charge in [0.2, 0.25) is 5.91 Å². The van der Waals surface area contributed by atoms with Crippen LogP contribution in [0.25, 0.3) is 11.0 Å². The molecular formula is C14H14N2O5. The minimum absolute atomic E-state index is 0.119. The maximum Gasteiger partial charge on any atom is 0.340 e. The average Bonchev–Trinajstić information content (AvgIpc) is 2.42. The van der Waals surface area contributed by atoms with E-state index in [1.165, 1.54) is 6.07 Å². The van der Waals surface area contributed by atoms with E-state index >= 15 is 0 Å². The Labute approximate surface area is 119 Å². The van der Waals surface area contributed by atoms with Crippen molar-refractivity contribution in [2.24, 2.45) is 5.73 Å². The van der Waals surface area contributed by atoms with Crippen molar-refractivity contribution in [1.82, 2.24) is 0 Å². The van der Waals surface area contributed by atoms with Crippen molar-refractivity contribution in [3.05, 3.63) is 39.7 Å². The molecule has 0 aliphatic heterocycles. The van der Waals surface area contributed by atoms with Gasteiger partial charge in [0.1, 0.15) is 5.58 Å². The Morgan fingerprint density at radius 1 is 1.38 bits per heavy atom. The Morgan fingerprint density at radius 3 is 2.71 bits per heavy atom. The molecule has 0 atom stereocenters. The first kappa shape index (κ1) is 14.7. The first-order valence-corrected chi connectivity index (χ1v) is 6.20. The molecule has 1 amide bonds. The highest BCUT2D eigenvalue weighted by Gasteiger charge is 2.14. The summed E-state index contributed by atoms with van der Waals surface area (Å²) in [5, 5.41) is 12.0. The second-order valence-corrected chi connectivity index (χ2v) is 4.53. The Morgan fingerprint density at radius 2 is 2.10 bits per heavy atom. The normalized spacial score (nSPS) is 10.6. The largest absolute Gasteiger partial charge is 0.481 e. The van der Waals surface area contributed by atoms with Crippen LogP contribution < -0.4 is 16.7 Å². The quantitative estimate of drug-likeness (QED) is 0.709. The molecule has 0 saturated heterocycles. The third kappa shape index (κ3) is 3.09. The number of rotatable bonds is 4. The van der Waals surface area contributed by atoms with Crippen LogP contribution in [0.1, 0.15) is 11.1 Å². The van der Waals surface area contributed by atoms with Crippen LogP contribution >= 0.6 is 0 Å². The van der Waals surface area contributed by atoms with Gasteiger partial charge in [0.05, 0.1) is 18.5 Å². The first-order valence-electron chi connectivity index (χ1n) is 6.20. The van der Waals surface area contributed by atoms with E-state index in [9.17, 15) is 14.4 Å². The Bertz CT molecular complexity index is 779. The summed E-state index contributed by atoms with van der Waals surface area (Å²) in [6, 6.07) is 4.79. The van der Waals surface area contributed by atoms with Gasteiger partial charge in [0.15, 0.2) is 0 Å². The Hall–Kier alpha value is -2.67. The smallest absolute Gasteiger partial charge is 0.340 e. The van der Waals surface area contributed by atoms with Gasteiger partial charge in [-0.05, 0) is 24.6 Å². The van der Waals surface area contributed by atoms with Gasteiger partial charge in [-0.3, -0.25) is 9.59 Å². The van der Waals surface area contributed by atoms with Gasteiger partial charge in [-0.1, -0.05) is 0 Å². The van der Waals surface area contributed by atoms with Crippen molar-refractivity contribution in [3.8, 4) is 0 Å². The van der Waals surface area contributed by atoms with E-state index in [1.807, 2.05) is 0 Å². The monoisotopic (exact) mass is 290 g/mol. The summed E-state index contributed by atoms with van der Waals surface area (Å²) in [6.45, 7) is 1.51. The zero-order valence-corrected chi connectivity index (χ0v) is 11.3. The number of benzene rings is 1. The van der Waals surface area contributed by atoms with Crippen LogP contribution in [-0.4, -0.2) is 23.5 Å². The van der Waals surface area contributed by atoms with Crippen LogP contribution in [0.5, 0.6) is 0 Å².